The van der Waals surface area contributed by atoms with E-state index in [0.29, 0.717) is 12.3 Å². The minimum atomic E-state index is 0.333. The van der Waals surface area contributed by atoms with E-state index in [1.807, 2.05) is 0 Å². The Morgan fingerprint density at radius 1 is 1.67 bits per heavy atom. The molecule has 4 nitrogen and oxygen atoms in total. The van der Waals surface area contributed by atoms with Gasteiger partial charge in [-0.1, -0.05) is 5.16 Å². The highest BCUT2D eigenvalue weighted by molar-refractivity contribution is 5.79. The smallest absolute Gasteiger partial charge is 0.139 e. The predicted molar refractivity (Wildman–Crippen MR) is 48.3 cm³/mol. The Labute approximate surface area is 73.0 Å². The van der Waals surface area contributed by atoms with Crippen molar-refractivity contribution >= 4 is 5.84 Å². The summed E-state index contributed by atoms with van der Waals surface area (Å²) in [5.41, 5.74) is 5.33. The van der Waals surface area contributed by atoms with Crippen LogP contribution in [0, 0.1) is 0 Å². The van der Waals surface area contributed by atoms with E-state index in [4.69, 9.17) is 10.9 Å². The summed E-state index contributed by atoms with van der Waals surface area (Å²) in [6.45, 7) is 1.04. The van der Waals surface area contributed by atoms with Gasteiger partial charge in [0.2, 0.25) is 0 Å². The zero-order valence-electron chi connectivity index (χ0n) is 7.53. The standard InChI is InChI=1S/C8H17N3O/c1-11(7-4-5-7)6-2-3-8(9)10-12/h7,12H,2-6H2,1H3,(H2,9,10). The first kappa shape index (κ1) is 9.32. The molecule has 0 saturated heterocycles. The van der Waals surface area contributed by atoms with E-state index >= 15 is 0 Å². The average Bonchev–Trinajstić information content (AvgIpc) is 2.86. The molecule has 0 atom stereocenters. The van der Waals surface area contributed by atoms with Gasteiger partial charge in [0.25, 0.3) is 0 Å². The second-order valence-electron chi connectivity index (χ2n) is 3.41. The second-order valence-corrected chi connectivity index (χ2v) is 3.41. The zero-order valence-corrected chi connectivity index (χ0v) is 7.53. The van der Waals surface area contributed by atoms with E-state index in [-0.39, 0.29) is 0 Å². The Balaban J connectivity index is 2.01. The van der Waals surface area contributed by atoms with Crippen molar-refractivity contribution in [3.8, 4) is 0 Å². The highest BCUT2D eigenvalue weighted by atomic mass is 16.4. The molecule has 4 heteroatoms. The van der Waals surface area contributed by atoms with Gasteiger partial charge in [0.05, 0.1) is 0 Å². The normalized spacial score (nSPS) is 18.7. The summed E-state index contributed by atoms with van der Waals surface area (Å²) in [6, 6.07) is 0.803. The van der Waals surface area contributed by atoms with Gasteiger partial charge < -0.3 is 15.8 Å². The van der Waals surface area contributed by atoms with E-state index in [1.165, 1.54) is 12.8 Å². The molecule has 1 aliphatic carbocycles. The number of oxime groups is 1. The van der Waals surface area contributed by atoms with Gasteiger partial charge in [-0.25, -0.2) is 0 Å². The first-order chi connectivity index (χ1) is 5.74. The van der Waals surface area contributed by atoms with Gasteiger partial charge in [-0.2, -0.15) is 0 Å². The van der Waals surface area contributed by atoms with Gasteiger partial charge in [0.15, 0.2) is 0 Å². The van der Waals surface area contributed by atoms with Crippen molar-refractivity contribution in [2.45, 2.75) is 31.7 Å². The lowest BCUT2D eigenvalue weighted by Gasteiger charge is -2.14. The van der Waals surface area contributed by atoms with Crippen LogP contribution in [0.2, 0.25) is 0 Å². The third-order valence-electron chi connectivity index (χ3n) is 2.24. The lowest BCUT2D eigenvalue weighted by atomic mass is 10.3. The topological polar surface area (TPSA) is 61.8 Å². The van der Waals surface area contributed by atoms with E-state index < -0.39 is 0 Å². The molecule has 70 valence electrons. The maximum atomic E-state index is 8.27. The minimum Gasteiger partial charge on any atom is -0.409 e. The summed E-state index contributed by atoms with van der Waals surface area (Å²) in [5, 5.41) is 11.2. The molecule has 0 aliphatic heterocycles. The molecule has 0 aromatic carbocycles. The van der Waals surface area contributed by atoms with Gasteiger partial charge in [0, 0.05) is 12.5 Å². The molecular formula is C8H17N3O. The molecular weight excluding hydrogens is 154 g/mol. The third kappa shape index (κ3) is 3.09. The Morgan fingerprint density at radius 3 is 2.83 bits per heavy atom. The summed E-state index contributed by atoms with van der Waals surface area (Å²) in [5.74, 6) is 0.333. The van der Waals surface area contributed by atoms with Crippen LogP contribution in [0.3, 0.4) is 0 Å². The predicted octanol–water partition coefficient (Wildman–Crippen LogP) is 0.607. The third-order valence-corrected chi connectivity index (χ3v) is 2.24. The molecule has 0 spiro atoms. The molecule has 3 N–H and O–H groups in total. The fourth-order valence-electron chi connectivity index (χ4n) is 1.26. The van der Waals surface area contributed by atoms with E-state index in [1.54, 1.807) is 0 Å². The maximum Gasteiger partial charge on any atom is 0.139 e. The number of nitrogens with two attached hydrogens (primary N) is 1. The molecule has 1 aliphatic rings. The van der Waals surface area contributed by atoms with Crippen LogP contribution in [-0.4, -0.2) is 35.6 Å². The summed E-state index contributed by atoms with van der Waals surface area (Å²) in [7, 11) is 2.13. The number of hydrogen-bond donors (Lipinski definition) is 2. The fourth-order valence-corrected chi connectivity index (χ4v) is 1.26. The first-order valence-corrected chi connectivity index (χ1v) is 4.40. The van der Waals surface area contributed by atoms with Crippen LogP contribution in [0.4, 0.5) is 0 Å². The molecule has 0 radical (unpaired) electrons. The van der Waals surface area contributed by atoms with Crippen LogP contribution in [0.25, 0.3) is 0 Å². The number of nitrogens with zero attached hydrogens (tertiary/aromatic N) is 2. The number of hydrogen-bond acceptors (Lipinski definition) is 3. The largest absolute Gasteiger partial charge is 0.409 e. The summed E-state index contributed by atoms with van der Waals surface area (Å²) in [4.78, 5) is 2.34. The summed E-state index contributed by atoms with van der Waals surface area (Å²) < 4.78 is 0. The minimum absolute atomic E-state index is 0.333. The van der Waals surface area contributed by atoms with Crippen molar-refractivity contribution in [3.63, 3.8) is 0 Å². The quantitative estimate of drug-likeness (QED) is 0.276. The SMILES string of the molecule is CN(CCC/C(N)=N/O)C1CC1. The van der Waals surface area contributed by atoms with Crippen molar-refractivity contribution < 1.29 is 5.21 Å². The van der Waals surface area contributed by atoms with Crippen molar-refractivity contribution in [3.05, 3.63) is 0 Å². The van der Waals surface area contributed by atoms with Gasteiger partial charge in [-0.05, 0) is 32.9 Å². The highest BCUT2D eigenvalue weighted by Gasteiger charge is 2.25. The lowest BCUT2D eigenvalue weighted by molar-refractivity contribution is 0.310. The van der Waals surface area contributed by atoms with Crippen LogP contribution >= 0.6 is 0 Å². The zero-order chi connectivity index (χ0) is 8.97. The molecule has 1 saturated carbocycles. The Morgan fingerprint density at radius 2 is 2.33 bits per heavy atom. The molecule has 0 amide bonds. The average molecular weight is 171 g/mol. The number of amidine groups is 1. The Hall–Kier alpha value is -0.770. The summed E-state index contributed by atoms with van der Waals surface area (Å²) in [6.07, 6.45) is 4.33. The molecule has 0 unspecified atom stereocenters. The van der Waals surface area contributed by atoms with Crippen LogP contribution in [0.5, 0.6) is 0 Å². The van der Waals surface area contributed by atoms with E-state index in [0.717, 1.165) is 19.0 Å². The molecule has 1 fully saturated rings. The number of rotatable bonds is 5. The van der Waals surface area contributed by atoms with Crippen LogP contribution in [0.1, 0.15) is 25.7 Å². The van der Waals surface area contributed by atoms with Gasteiger partial charge >= 0.3 is 0 Å². The molecule has 0 aromatic rings. The Bertz CT molecular complexity index is 166. The molecule has 12 heavy (non-hydrogen) atoms. The fraction of sp³-hybridized carbons (Fsp3) is 0.875. The van der Waals surface area contributed by atoms with Crippen molar-refractivity contribution in [2.75, 3.05) is 13.6 Å². The van der Waals surface area contributed by atoms with Crippen molar-refractivity contribution in [2.24, 2.45) is 10.9 Å². The molecule has 0 bridgehead atoms. The first-order valence-electron chi connectivity index (χ1n) is 4.40. The molecule has 1 rings (SSSR count). The van der Waals surface area contributed by atoms with E-state index in [9.17, 15) is 0 Å². The van der Waals surface area contributed by atoms with Crippen molar-refractivity contribution in [1.29, 1.82) is 0 Å². The monoisotopic (exact) mass is 171 g/mol. The summed E-state index contributed by atoms with van der Waals surface area (Å²) >= 11 is 0. The second kappa shape index (κ2) is 4.30. The molecule has 0 aromatic heterocycles. The van der Waals surface area contributed by atoms with E-state index in [2.05, 4.69) is 17.1 Å². The maximum absolute atomic E-state index is 8.27. The van der Waals surface area contributed by atoms with Crippen LogP contribution in [0.15, 0.2) is 5.16 Å². The lowest BCUT2D eigenvalue weighted by Crippen LogP contribution is -2.23. The van der Waals surface area contributed by atoms with Gasteiger partial charge in [-0.3, -0.25) is 0 Å². The van der Waals surface area contributed by atoms with Crippen molar-refractivity contribution in [1.82, 2.24) is 4.90 Å². The Kier molecular flexibility index (Phi) is 3.34. The van der Waals surface area contributed by atoms with Gasteiger partial charge in [0.1, 0.15) is 5.84 Å². The highest BCUT2D eigenvalue weighted by Crippen LogP contribution is 2.25. The van der Waals surface area contributed by atoms with Crippen LogP contribution in [-0.2, 0) is 0 Å². The van der Waals surface area contributed by atoms with Gasteiger partial charge in [-0.15, -0.1) is 0 Å². The molecule has 0 heterocycles. The van der Waals surface area contributed by atoms with Crippen LogP contribution < -0.4 is 5.73 Å².